The molecule has 158 valence electrons. The van der Waals surface area contributed by atoms with Crippen molar-refractivity contribution in [3.05, 3.63) is 83.4 Å². The summed E-state index contributed by atoms with van der Waals surface area (Å²) in [5.41, 5.74) is 1.95. The average Bonchev–Trinajstić information content (AvgIpc) is 3.43. The Labute approximate surface area is 185 Å². The van der Waals surface area contributed by atoms with Crippen molar-refractivity contribution in [3.8, 4) is 11.5 Å². The molecule has 1 amide bonds. The molecular weight excluding hydrogens is 435 g/mol. The second kappa shape index (κ2) is 7.82. The number of pyridine rings is 2. The predicted octanol–water partition coefficient (Wildman–Crippen LogP) is 3.75. The number of hydrogen-bond acceptors (Lipinski definition) is 6. The first-order valence-electron chi connectivity index (χ1n) is 9.44. The van der Waals surface area contributed by atoms with E-state index in [4.69, 9.17) is 11.6 Å². The van der Waals surface area contributed by atoms with Crippen LogP contribution >= 0.6 is 11.6 Å². The molecule has 4 aromatic heterocycles. The van der Waals surface area contributed by atoms with Gasteiger partial charge in [-0.2, -0.15) is 15.3 Å². The number of carbonyl (C=O) groups is 1. The van der Waals surface area contributed by atoms with Crippen LogP contribution in [0.25, 0.3) is 22.4 Å². The zero-order valence-electron chi connectivity index (χ0n) is 16.6. The number of amides is 1. The minimum Gasteiger partial charge on any atom is -0.320 e. The van der Waals surface area contributed by atoms with Gasteiger partial charge in [0.15, 0.2) is 5.82 Å². The van der Waals surface area contributed by atoms with Crippen molar-refractivity contribution in [2.24, 2.45) is 0 Å². The van der Waals surface area contributed by atoms with Crippen LogP contribution in [-0.2, 0) is 0 Å². The number of anilines is 1. The summed E-state index contributed by atoms with van der Waals surface area (Å²) in [7, 11) is 0. The van der Waals surface area contributed by atoms with E-state index in [1.807, 2.05) is 0 Å². The third-order valence-corrected chi connectivity index (χ3v) is 5.12. The number of nitrogens with zero attached hydrogens (tertiary/aromatic N) is 7. The largest absolute Gasteiger partial charge is 0.320 e. The lowest BCUT2D eigenvalue weighted by atomic mass is 10.2. The maximum Gasteiger partial charge on any atom is 0.259 e. The van der Waals surface area contributed by atoms with Crippen molar-refractivity contribution >= 4 is 34.1 Å². The van der Waals surface area contributed by atoms with Gasteiger partial charge >= 0.3 is 0 Å². The number of hydrogen-bond donors (Lipinski definition) is 1. The lowest BCUT2D eigenvalue weighted by Crippen LogP contribution is -2.14. The van der Waals surface area contributed by atoms with Gasteiger partial charge in [0.05, 0.1) is 52.3 Å². The molecule has 1 aromatic carbocycles. The number of rotatable bonds is 4. The van der Waals surface area contributed by atoms with E-state index in [-0.39, 0.29) is 16.3 Å². The van der Waals surface area contributed by atoms with Crippen LogP contribution in [-0.4, -0.2) is 40.6 Å². The number of nitrogens with one attached hydrogen (secondary N) is 1. The third-order valence-electron chi connectivity index (χ3n) is 4.84. The molecule has 0 spiro atoms. The van der Waals surface area contributed by atoms with E-state index in [0.29, 0.717) is 28.1 Å². The Bertz CT molecular complexity index is 1460. The molecule has 5 aromatic rings. The van der Waals surface area contributed by atoms with Crippen LogP contribution in [0.15, 0.2) is 61.3 Å². The van der Waals surface area contributed by atoms with Crippen LogP contribution < -0.4 is 5.32 Å². The minimum atomic E-state index is -0.470. The Morgan fingerprint density at radius 3 is 2.66 bits per heavy atom. The Morgan fingerprint density at radius 2 is 1.88 bits per heavy atom. The first-order chi connectivity index (χ1) is 15.5. The summed E-state index contributed by atoms with van der Waals surface area (Å²) < 4.78 is 16.1. The molecule has 0 aliphatic rings. The van der Waals surface area contributed by atoms with Crippen LogP contribution in [0.5, 0.6) is 0 Å². The molecule has 0 radical (unpaired) electrons. The molecule has 11 heteroatoms. The number of carbonyl (C=O) groups excluding carboxylic acids is 1. The van der Waals surface area contributed by atoms with Crippen LogP contribution in [0.1, 0.15) is 16.1 Å². The summed E-state index contributed by atoms with van der Waals surface area (Å²) in [6.07, 6.45) is 7.46. The van der Waals surface area contributed by atoms with Gasteiger partial charge in [-0.15, -0.1) is 4.80 Å². The van der Waals surface area contributed by atoms with Crippen molar-refractivity contribution in [1.29, 1.82) is 0 Å². The molecule has 0 unspecified atom stereocenters. The van der Waals surface area contributed by atoms with Gasteiger partial charge in [0.1, 0.15) is 11.5 Å². The first kappa shape index (κ1) is 19.8. The Kier molecular flexibility index (Phi) is 4.83. The normalized spacial score (nSPS) is 11.1. The molecule has 32 heavy (non-hydrogen) atoms. The Hall–Kier alpha value is -4.18. The zero-order chi connectivity index (χ0) is 22.2. The van der Waals surface area contributed by atoms with Gasteiger partial charge in [0.25, 0.3) is 5.91 Å². The van der Waals surface area contributed by atoms with E-state index < -0.39 is 11.7 Å². The molecule has 0 bridgehead atoms. The number of aromatic nitrogens is 7. The topological polar surface area (TPSA) is 103 Å². The summed E-state index contributed by atoms with van der Waals surface area (Å²) in [5.74, 6) is -0.572. The molecule has 4 heterocycles. The van der Waals surface area contributed by atoms with Crippen LogP contribution in [0.3, 0.4) is 0 Å². The molecule has 9 nitrogen and oxygen atoms in total. The smallest absolute Gasteiger partial charge is 0.259 e. The van der Waals surface area contributed by atoms with Crippen molar-refractivity contribution in [1.82, 2.24) is 34.7 Å². The lowest BCUT2D eigenvalue weighted by molar-refractivity contribution is 0.102. The summed E-state index contributed by atoms with van der Waals surface area (Å²) in [4.78, 5) is 22.6. The number of fused-ring (bicyclic) bond motifs is 1. The standard InChI is InChI=1S/C21H14ClFN8O/c1-12-15(11-28-30(12)19-9-18-13(7-17(19)23)3-2-4-24-18)21(32)29-14-8-16(22)20(25-10-14)31-26-5-6-27-31/h2-11H,1H3,(H,29,32). The van der Waals surface area contributed by atoms with E-state index in [1.165, 1.54) is 40.3 Å². The van der Waals surface area contributed by atoms with E-state index in [2.05, 4.69) is 30.6 Å². The quantitative estimate of drug-likeness (QED) is 0.449. The zero-order valence-corrected chi connectivity index (χ0v) is 17.3. The highest BCUT2D eigenvalue weighted by atomic mass is 35.5. The molecule has 0 saturated heterocycles. The lowest BCUT2D eigenvalue weighted by Gasteiger charge is -2.09. The van der Waals surface area contributed by atoms with Crippen molar-refractivity contribution in [2.45, 2.75) is 6.92 Å². The average molecular weight is 449 g/mol. The van der Waals surface area contributed by atoms with Gasteiger partial charge in [-0.1, -0.05) is 17.7 Å². The number of benzene rings is 1. The molecule has 0 saturated carbocycles. The van der Waals surface area contributed by atoms with E-state index >= 15 is 0 Å². The van der Waals surface area contributed by atoms with E-state index in [1.54, 1.807) is 37.4 Å². The van der Waals surface area contributed by atoms with Crippen LogP contribution in [0.2, 0.25) is 5.02 Å². The molecule has 0 atom stereocenters. The molecule has 1 N–H and O–H groups in total. The van der Waals surface area contributed by atoms with Crippen LogP contribution in [0.4, 0.5) is 10.1 Å². The summed E-state index contributed by atoms with van der Waals surface area (Å²) in [6.45, 7) is 1.68. The minimum absolute atomic E-state index is 0.202. The second-order valence-corrected chi connectivity index (χ2v) is 7.26. The fourth-order valence-electron chi connectivity index (χ4n) is 3.29. The van der Waals surface area contributed by atoms with Crippen molar-refractivity contribution in [2.75, 3.05) is 5.32 Å². The molecule has 5 rings (SSSR count). The molecule has 0 fully saturated rings. The van der Waals surface area contributed by atoms with Gasteiger partial charge in [0, 0.05) is 11.6 Å². The van der Waals surface area contributed by atoms with E-state index in [9.17, 15) is 9.18 Å². The fraction of sp³-hybridized carbons (Fsp3) is 0.0476. The first-order valence-corrected chi connectivity index (χ1v) is 9.82. The maximum atomic E-state index is 14.7. The van der Waals surface area contributed by atoms with Gasteiger partial charge in [-0.05, 0) is 31.2 Å². The van der Waals surface area contributed by atoms with Gasteiger partial charge in [-0.3, -0.25) is 9.78 Å². The van der Waals surface area contributed by atoms with Crippen molar-refractivity contribution in [3.63, 3.8) is 0 Å². The van der Waals surface area contributed by atoms with Crippen LogP contribution in [0, 0.1) is 12.7 Å². The SMILES string of the molecule is Cc1c(C(=O)Nc2cnc(-n3nccn3)c(Cl)c2)cnn1-c1cc2ncccc2cc1F. The predicted molar refractivity (Wildman–Crippen MR) is 116 cm³/mol. The van der Waals surface area contributed by atoms with Crippen molar-refractivity contribution < 1.29 is 9.18 Å². The second-order valence-electron chi connectivity index (χ2n) is 6.86. The monoisotopic (exact) mass is 448 g/mol. The van der Waals surface area contributed by atoms with Gasteiger partial charge in [0.2, 0.25) is 0 Å². The molecular formula is C21H14ClFN8O. The highest BCUT2D eigenvalue weighted by molar-refractivity contribution is 6.32. The Balaban J connectivity index is 1.43. The van der Waals surface area contributed by atoms with Gasteiger partial charge in [-0.25, -0.2) is 14.1 Å². The maximum absolute atomic E-state index is 14.7. The molecule has 0 aliphatic carbocycles. The number of halogens is 2. The van der Waals surface area contributed by atoms with E-state index in [0.717, 1.165) is 0 Å². The Morgan fingerprint density at radius 1 is 1.06 bits per heavy atom. The summed E-state index contributed by atoms with van der Waals surface area (Å²) in [6, 6.07) is 8.04. The third kappa shape index (κ3) is 3.46. The fourth-order valence-corrected chi connectivity index (χ4v) is 3.53. The summed E-state index contributed by atoms with van der Waals surface area (Å²) in [5, 5.41) is 15.8. The summed E-state index contributed by atoms with van der Waals surface area (Å²) >= 11 is 6.25. The van der Waals surface area contributed by atoms with Gasteiger partial charge < -0.3 is 5.32 Å². The highest BCUT2D eigenvalue weighted by Gasteiger charge is 2.19. The highest BCUT2D eigenvalue weighted by Crippen LogP contribution is 2.24. The molecule has 0 aliphatic heterocycles.